The topological polar surface area (TPSA) is 53.5 Å². The summed E-state index contributed by atoms with van der Waals surface area (Å²) >= 11 is 0. The first kappa shape index (κ1) is 23.5. The molecule has 1 aromatic heterocycles. The maximum atomic E-state index is 14.2. The minimum absolute atomic E-state index is 0.0288. The maximum absolute atomic E-state index is 14.2. The number of carbonyl (C=O) groups excluding carboxylic acids is 2. The van der Waals surface area contributed by atoms with E-state index in [2.05, 4.69) is 17.1 Å². The van der Waals surface area contributed by atoms with E-state index < -0.39 is 5.41 Å². The molecule has 1 atom stereocenters. The lowest BCUT2D eigenvalue weighted by Gasteiger charge is -2.35. The molecule has 0 radical (unpaired) electrons. The molecule has 1 aliphatic heterocycles. The quantitative estimate of drug-likeness (QED) is 0.550. The Balaban J connectivity index is 1.46. The summed E-state index contributed by atoms with van der Waals surface area (Å²) in [6.07, 6.45) is 7.89. The molecule has 1 saturated carbocycles. The van der Waals surface area contributed by atoms with Crippen LogP contribution in [0.1, 0.15) is 43.7 Å². The van der Waals surface area contributed by atoms with Crippen molar-refractivity contribution in [3.8, 4) is 0 Å². The fourth-order valence-corrected chi connectivity index (χ4v) is 6.05. The maximum Gasteiger partial charge on any atom is 0.233 e. The van der Waals surface area contributed by atoms with Gasteiger partial charge in [-0.05, 0) is 53.8 Å². The van der Waals surface area contributed by atoms with E-state index in [1.807, 2.05) is 40.4 Å². The number of rotatable bonds is 4. The smallest absolute Gasteiger partial charge is 0.233 e. The second kappa shape index (κ2) is 9.76. The molecular weight excluding hydrogens is 441 g/mol. The Hall–Kier alpha value is -3.28. The fraction of sp³-hybridized carbons (Fsp3) is 0.414. The molecule has 6 heteroatoms. The molecule has 0 bridgehead atoms. The molecule has 0 unspecified atom stereocenters. The molecule has 3 aromatic rings. The molecular formula is C29H32FN3O2. The highest BCUT2D eigenvalue weighted by molar-refractivity contribution is 5.89. The number of carbonyl (C=O) groups is 2. The zero-order valence-corrected chi connectivity index (χ0v) is 20.3. The van der Waals surface area contributed by atoms with Gasteiger partial charge in [-0.2, -0.15) is 0 Å². The van der Waals surface area contributed by atoms with Crippen molar-refractivity contribution in [3.63, 3.8) is 0 Å². The van der Waals surface area contributed by atoms with E-state index in [0.29, 0.717) is 26.2 Å². The zero-order valence-electron chi connectivity index (χ0n) is 20.3. The molecule has 5 rings (SSSR count). The Bertz CT molecular complexity index is 1230. The molecule has 2 fully saturated rings. The van der Waals surface area contributed by atoms with Crippen molar-refractivity contribution in [3.05, 3.63) is 77.9 Å². The lowest BCUT2D eigenvalue weighted by Crippen LogP contribution is -2.48. The third-order valence-corrected chi connectivity index (χ3v) is 7.83. The summed E-state index contributed by atoms with van der Waals surface area (Å²) in [6, 6.07) is 14.7. The van der Waals surface area contributed by atoms with Gasteiger partial charge >= 0.3 is 0 Å². The third-order valence-electron chi connectivity index (χ3n) is 7.83. The molecule has 2 aromatic carbocycles. The Labute approximate surface area is 205 Å². The van der Waals surface area contributed by atoms with E-state index >= 15 is 0 Å². The largest absolute Gasteiger partial charge is 0.341 e. The molecule has 5 nitrogen and oxygen atoms in total. The predicted molar refractivity (Wildman–Crippen MR) is 134 cm³/mol. The van der Waals surface area contributed by atoms with Crippen molar-refractivity contribution in [2.45, 2.75) is 44.4 Å². The zero-order chi connectivity index (χ0) is 24.4. The van der Waals surface area contributed by atoms with Crippen LogP contribution in [0.5, 0.6) is 0 Å². The Morgan fingerprint density at radius 2 is 1.74 bits per heavy atom. The van der Waals surface area contributed by atoms with Gasteiger partial charge < -0.3 is 9.80 Å². The molecule has 2 aliphatic rings. The van der Waals surface area contributed by atoms with Gasteiger partial charge in [-0.15, -0.1) is 0 Å². The molecule has 182 valence electrons. The number of benzene rings is 2. The minimum Gasteiger partial charge on any atom is -0.341 e. The molecule has 2 amide bonds. The van der Waals surface area contributed by atoms with E-state index in [1.54, 1.807) is 13.0 Å². The Morgan fingerprint density at radius 3 is 2.51 bits per heavy atom. The van der Waals surface area contributed by atoms with Crippen molar-refractivity contribution in [2.24, 2.45) is 5.92 Å². The van der Waals surface area contributed by atoms with Crippen LogP contribution in [0.15, 0.2) is 60.9 Å². The second-order valence-electron chi connectivity index (χ2n) is 10.1. The van der Waals surface area contributed by atoms with Gasteiger partial charge in [-0.25, -0.2) is 4.39 Å². The predicted octanol–water partition coefficient (Wildman–Crippen LogP) is 4.74. The highest BCUT2D eigenvalue weighted by atomic mass is 19.1. The van der Waals surface area contributed by atoms with Gasteiger partial charge in [0.1, 0.15) is 5.82 Å². The Kier molecular flexibility index (Phi) is 6.54. The van der Waals surface area contributed by atoms with E-state index in [-0.39, 0.29) is 23.5 Å². The summed E-state index contributed by atoms with van der Waals surface area (Å²) in [6.45, 7) is 3.79. The molecule has 0 spiro atoms. The van der Waals surface area contributed by atoms with Crippen LogP contribution in [0.4, 0.5) is 4.39 Å². The normalized spacial score (nSPS) is 20.1. The van der Waals surface area contributed by atoms with Crippen LogP contribution in [0.25, 0.3) is 10.8 Å². The average Bonchev–Trinajstić information content (AvgIpc) is 3.27. The summed E-state index contributed by atoms with van der Waals surface area (Å²) < 4.78 is 14.2. The SMILES string of the molecule is CC(=O)N1CCN(C(=O)C2(c3cccc(F)c3)CCCC2)C[C@H](Cc2cncc3ccccc23)C1. The van der Waals surface area contributed by atoms with E-state index in [1.165, 1.54) is 12.1 Å². The number of pyridine rings is 1. The van der Waals surface area contributed by atoms with Gasteiger partial charge in [0.2, 0.25) is 11.8 Å². The first-order valence-electron chi connectivity index (χ1n) is 12.6. The van der Waals surface area contributed by atoms with Crippen molar-refractivity contribution in [1.29, 1.82) is 0 Å². The molecule has 1 saturated heterocycles. The van der Waals surface area contributed by atoms with Crippen LogP contribution < -0.4 is 0 Å². The summed E-state index contributed by atoms with van der Waals surface area (Å²) in [5.41, 5.74) is 1.23. The summed E-state index contributed by atoms with van der Waals surface area (Å²) in [7, 11) is 0. The minimum atomic E-state index is -0.682. The van der Waals surface area contributed by atoms with E-state index in [4.69, 9.17) is 0 Å². The van der Waals surface area contributed by atoms with Gasteiger partial charge in [0, 0.05) is 50.9 Å². The van der Waals surface area contributed by atoms with Crippen LogP contribution in [-0.2, 0) is 21.4 Å². The van der Waals surface area contributed by atoms with E-state index in [9.17, 15) is 14.0 Å². The molecule has 1 aliphatic carbocycles. The first-order valence-corrected chi connectivity index (χ1v) is 12.6. The molecule has 2 heterocycles. The number of fused-ring (bicyclic) bond motifs is 1. The van der Waals surface area contributed by atoms with Crippen LogP contribution in [0.3, 0.4) is 0 Å². The number of aromatic nitrogens is 1. The van der Waals surface area contributed by atoms with Gasteiger partial charge in [0.25, 0.3) is 0 Å². The summed E-state index contributed by atoms with van der Waals surface area (Å²) in [5, 5.41) is 2.25. The number of halogens is 1. The average molecular weight is 474 g/mol. The summed E-state index contributed by atoms with van der Waals surface area (Å²) in [5.74, 6) is -0.112. The number of nitrogens with zero attached hydrogens (tertiary/aromatic N) is 3. The number of hydrogen-bond acceptors (Lipinski definition) is 3. The highest BCUT2D eigenvalue weighted by Gasteiger charge is 2.46. The van der Waals surface area contributed by atoms with Crippen molar-refractivity contribution in [1.82, 2.24) is 14.8 Å². The lowest BCUT2D eigenvalue weighted by atomic mass is 9.77. The van der Waals surface area contributed by atoms with Crippen LogP contribution in [-0.4, -0.2) is 52.8 Å². The molecule has 0 N–H and O–H groups in total. The third kappa shape index (κ3) is 4.66. The fourth-order valence-electron chi connectivity index (χ4n) is 6.05. The highest BCUT2D eigenvalue weighted by Crippen LogP contribution is 2.43. The first-order chi connectivity index (χ1) is 17.0. The summed E-state index contributed by atoms with van der Waals surface area (Å²) in [4.78, 5) is 34.8. The number of amides is 2. The van der Waals surface area contributed by atoms with Gasteiger partial charge in [0.05, 0.1) is 5.41 Å². The Morgan fingerprint density at radius 1 is 1.00 bits per heavy atom. The van der Waals surface area contributed by atoms with Crippen LogP contribution in [0.2, 0.25) is 0 Å². The van der Waals surface area contributed by atoms with Crippen molar-refractivity contribution < 1.29 is 14.0 Å². The standard InChI is InChI=1S/C29H32FN3O2/c1-21(34)32-13-14-33(28(35)29(11-4-5-12-29)25-8-6-9-26(30)16-25)20-22(19-32)15-24-18-31-17-23-7-2-3-10-27(23)24/h2-3,6-10,16-18,22H,4-5,11-15,19-20H2,1H3/t22-/m1/s1. The van der Waals surface area contributed by atoms with Gasteiger partial charge in [-0.1, -0.05) is 49.2 Å². The van der Waals surface area contributed by atoms with E-state index in [0.717, 1.165) is 54.0 Å². The lowest BCUT2D eigenvalue weighted by molar-refractivity contribution is -0.138. The van der Waals surface area contributed by atoms with Crippen LogP contribution >= 0.6 is 0 Å². The van der Waals surface area contributed by atoms with Crippen LogP contribution in [0, 0.1) is 11.7 Å². The van der Waals surface area contributed by atoms with Crippen molar-refractivity contribution >= 4 is 22.6 Å². The number of hydrogen-bond donors (Lipinski definition) is 0. The van der Waals surface area contributed by atoms with Gasteiger partial charge in [-0.3, -0.25) is 14.6 Å². The monoisotopic (exact) mass is 473 g/mol. The van der Waals surface area contributed by atoms with Gasteiger partial charge in [0.15, 0.2) is 0 Å². The molecule has 35 heavy (non-hydrogen) atoms. The second-order valence-corrected chi connectivity index (χ2v) is 10.1. The van der Waals surface area contributed by atoms with Crippen molar-refractivity contribution in [2.75, 3.05) is 26.2 Å².